The van der Waals surface area contributed by atoms with E-state index in [0.717, 1.165) is 25.7 Å². The first-order chi connectivity index (χ1) is 9.53. The van der Waals surface area contributed by atoms with E-state index in [0.29, 0.717) is 12.4 Å². The fourth-order valence-electron chi connectivity index (χ4n) is 3.30. The monoisotopic (exact) mass is 288 g/mol. The van der Waals surface area contributed by atoms with E-state index in [9.17, 15) is 13.2 Å². The number of alkyl halides is 3. The van der Waals surface area contributed by atoms with Crippen molar-refractivity contribution in [3.05, 3.63) is 11.6 Å². The maximum absolute atomic E-state index is 13.4. The van der Waals surface area contributed by atoms with Gasteiger partial charge in [0.15, 0.2) is 5.82 Å². The van der Waals surface area contributed by atoms with Gasteiger partial charge in [0.1, 0.15) is 11.2 Å². The van der Waals surface area contributed by atoms with Crippen molar-refractivity contribution in [3.63, 3.8) is 0 Å². The summed E-state index contributed by atoms with van der Waals surface area (Å²) in [5.74, 6) is 0.787. The molecule has 1 aromatic rings. The Kier molecular flexibility index (Phi) is 3.48. The largest absolute Gasteiger partial charge is 0.402 e. The molecule has 1 aliphatic heterocycles. The lowest BCUT2D eigenvalue weighted by molar-refractivity contribution is -0.187. The Morgan fingerprint density at radius 2 is 1.90 bits per heavy atom. The molecule has 2 fully saturated rings. The van der Waals surface area contributed by atoms with Gasteiger partial charge in [0, 0.05) is 12.5 Å². The van der Waals surface area contributed by atoms with Crippen LogP contribution in [0.15, 0.2) is 0 Å². The fourth-order valence-corrected chi connectivity index (χ4v) is 3.30. The second-order valence-electron chi connectivity index (χ2n) is 5.89. The fraction of sp³-hybridized carbons (Fsp3) is 0.846. The predicted octanol–water partition coefficient (Wildman–Crippen LogP) is 2.65. The molecule has 3 rings (SSSR count). The van der Waals surface area contributed by atoms with E-state index in [4.69, 9.17) is 0 Å². The number of halogens is 3. The molecule has 2 heterocycles. The normalized spacial score (nSPS) is 28.9. The Hall–Kier alpha value is -1.11. The Morgan fingerprint density at radius 3 is 2.50 bits per heavy atom. The molecule has 1 atom stereocenters. The van der Waals surface area contributed by atoms with Gasteiger partial charge in [0.25, 0.3) is 0 Å². The van der Waals surface area contributed by atoms with Crippen LogP contribution in [-0.4, -0.2) is 34.4 Å². The van der Waals surface area contributed by atoms with Gasteiger partial charge in [0.2, 0.25) is 0 Å². The predicted molar refractivity (Wildman–Crippen MR) is 67.4 cm³/mol. The van der Waals surface area contributed by atoms with E-state index in [2.05, 4.69) is 20.5 Å². The second kappa shape index (κ2) is 5.02. The summed E-state index contributed by atoms with van der Waals surface area (Å²) in [5.41, 5.74) is -1.92. The number of aromatic amines is 1. The van der Waals surface area contributed by atoms with Gasteiger partial charge < -0.3 is 5.32 Å². The number of aromatic nitrogens is 3. The number of nitrogens with one attached hydrogen (secondary N) is 2. The number of hydrogen-bond donors (Lipinski definition) is 2. The number of H-pyrrole nitrogens is 1. The molecule has 112 valence electrons. The van der Waals surface area contributed by atoms with Crippen molar-refractivity contribution in [2.24, 2.45) is 0 Å². The summed E-state index contributed by atoms with van der Waals surface area (Å²) < 4.78 is 40.3. The van der Waals surface area contributed by atoms with Gasteiger partial charge in [-0.05, 0) is 25.8 Å². The summed E-state index contributed by atoms with van der Waals surface area (Å²) in [5, 5.41) is 9.47. The molecule has 0 aromatic carbocycles. The highest BCUT2D eigenvalue weighted by Gasteiger charge is 2.59. The first-order valence-electron chi connectivity index (χ1n) is 7.23. The molecular weight excluding hydrogens is 269 g/mol. The maximum atomic E-state index is 13.4. The third-order valence-corrected chi connectivity index (χ3v) is 4.62. The van der Waals surface area contributed by atoms with E-state index < -0.39 is 11.6 Å². The minimum Gasteiger partial charge on any atom is -0.315 e. The van der Waals surface area contributed by atoms with Crippen LogP contribution in [0, 0.1) is 0 Å². The molecule has 0 radical (unpaired) electrons. The van der Waals surface area contributed by atoms with Gasteiger partial charge in [-0.25, -0.2) is 4.98 Å². The molecule has 2 aliphatic rings. The Morgan fingerprint density at radius 1 is 1.15 bits per heavy atom. The molecule has 7 heteroatoms. The molecule has 1 saturated heterocycles. The first kappa shape index (κ1) is 13.9. The first-order valence-corrected chi connectivity index (χ1v) is 7.23. The average Bonchev–Trinajstić information content (AvgIpc) is 3.09. The topological polar surface area (TPSA) is 53.6 Å². The summed E-state index contributed by atoms with van der Waals surface area (Å²) in [6.45, 7) is 0.227. The molecule has 4 nitrogen and oxygen atoms in total. The van der Waals surface area contributed by atoms with Crippen LogP contribution in [-0.2, 0) is 5.41 Å². The average molecular weight is 288 g/mol. The quantitative estimate of drug-likeness (QED) is 0.879. The lowest BCUT2D eigenvalue weighted by atomic mass is 9.85. The van der Waals surface area contributed by atoms with E-state index in [1.54, 1.807) is 0 Å². The van der Waals surface area contributed by atoms with Crippen LogP contribution >= 0.6 is 0 Å². The van der Waals surface area contributed by atoms with E-state index in [1.165, 1.54) is 6.42 Å². The van der Waals surface area contributed by atoms with Crippen LogP contribution in [0.5, 0.6) is 0 Å². The third-order valence-electron chi connectivity index (χ3n) is 4.62. The summed E-state index contributed by atoms with van der Waals surface area (Å²) in [4.78, 5) is 4.23. The van der Waals surface area contributed by atoms with Gasteiger partial charge in [-0.2, -0.15) is 18.3 Å². The zero-order valence-electron chi connectivity index (χ0n) is 11.3. The highest BCUT2D eigenvalue weighted by molar-refractivity contribution is 5.17. The summed E-state index contributed by atoms with van der Waals surface area (Å²) in [7, 11) is 0. The minimum absolute atomic E-state index is 0.0124. The zero-order valence-corrected chi connectivity index (χ0v) is 11.3. The van der Waals surface area contributed by atoms with Crippen molar-refractivity contribution in [3.8, 4) is 0 Å². The van der Waals surface area contributed by atoms with Crippen LogP contribution in [0.3, 0.4) is 0 Å². The van der Waals surface area contributed by atoms with Crippen LogP contribution in [0.2, 0.25) is 0 Å². The van der Waals surface area contributed by atoms with E-state index >= 15 is 0 Å². The van der Waals surface area contributed by atoms with E-state index in [-0.39, 0.29) is 24.7 Å². The third kappa shape index (κ3) is 2.21. The molecule has 1 saturated carbocycles. The van der Waals surface area contributed by atoms with Gasteiger partial charge in [-0.1, -0.05) is 19.3 Å². The second-order valence-corrected chi connectivity index (χ2v) is 5.89. The van der Waals surface area contributed by atoms with Gasteiger partial charge in [-0.3, -0.25) is 5.10 Å². The van der Waals surface area contributed by atoms with Crippen LogP contribution in [0.1, 0.15) is 56.1 Å². The van der Waals surface area contributed by atoms with Crippen LogP contribution in [0.25, 0.3) is 0 Å². The SMILES string of the molecule is FC(F)(F)C1(c2n[nH]c(C3CCCCC3)n2)CCNC1. The highest BCUT2D eigenvalue weighted by atomic mass is 19.4. The molecule has 2 N–H and O–H groups in total. The van der Waals surface area contributed by atoms with Gasteiger partial charge >= 0.3 is 6.18 Å². The Balaban J connectivity index is 1.87. The number of nitrogens with zero attached hydrogens (tertiary/aromatic N) is 2. The summed E-state index contributed by atoms with van der Waals surface area (Å²) in [6, 6.07) is 0. The lowest BCUT2D eigenvalue weighted by Gasteiger charge is -2.27. The highest BCUT2D eigenvalue weighted by Crippen LogP contribution is 2.44. The molecule has 1 aliphatic carbocycles. The molecule has 1 unspecified atom stereocenters. The number of hydrogen-bond acceptors (Lipinski definition) is 3. The molecule has 0 amide bonds. The minimum atomic E-state index is -4.32. The Bertz CT molecular complexity index is 456. The standard InChI is InChI=1S/C13H19F3N4/c14-13(15,16)12(6-7-17-8-12)11-18-10(19-20-11)9-4-2-1-3-5-9/h9,17H,1-8H2,(H,18,19,20). The number of rotatable bonds is 2. The van der Waals surface area contributed by atoms with Crippen molar-refractivity contribution in [1.82, 2.24) is 20.5 Å². The Labute approximate surface area is 115 Å². The zero-order chi connectivity index (χ0) is 14.2. The van der Waals surface area contributed by atoms with Crippen molar-refractivity contribution in [1.29, 1.82) is 0 Å². The van der Waals surface area contributed by atoms with E-state index in [1.807, 2.05) is 0 Å². The van der Waals surface area contributed by atoms with Crippen molar-refractivity contribution < 1.29 is 13.2 Å². The van der Waals surface area contributed by atoms with Gasteiger partial charge in [-0.15, -0.1) is 0 Å². The van der Waals surface area contributed by atoms with Gasteiger partial charge in [0.05, 0.1) is 0 Å². The van der Waals surface area contributed by atoms with Crippen LogP contribution in [0.4, 0.5) is 13.2 Å². The smallest absolute Gasteiger partial charge is 0.315 e. The molecule has 0 spiro atoms. The van der Waals surface area contributed by atoms with Crippen molar-refractivity contribution in [2.75, 3.05) is 13.1 Å². The van der Waals surface area contributed by atoms with Crippen molar-refractivity contribution >= 4 is 0 Å². The molecule has 0 bridgehead atoms. The molecule has 1 aromatic heterocycles. The molecule has 20 heavy (non-hydrogen) atoms. The van der Waals surface area contributed by atoms with Crippen molar-refractivity contribution in [2.45, 2.75) is 56.0 Å². The summed E-state index contributed by atoms with van der Waals surface area (Å²) in [6.07, 6.45) is 1.12. The maximum Gasteiger partial charge on any atom is 0.402 e. The summed E-state index contributed by atoms with van der Waals surface area (Å²) >= 11 is 0. The van der Waals surface area contributed by atoms with Crippen LogP contribution < -0.4 is 5.32 Å². The lowest BCUT2D eigenvalue weighted by Crippen LogP contribution is -2.45. The molecular formula is C13H19F3N4.